The van der Waals surface area contributed by atoms with E-state index in [9.17, 15) is 0 Å². The zero-order valence-corrected chi connectivity index (χ0v) is 37.2. The fraction of sp³-hybridized carbons (Fsp3) is 0. The van der Waals surface area contributed by atoms with E-state index in [4.69, 9.17) is 13.6 Å². The van der Waals surface area contributed by atoms with Crippen molar-refractivity contribution >= 4 is 88.8 Å². The van der Waals surface area contributed by atoms with Crippen molar-refractivity contribution in [1.82, 2.24) is 0 Å². The molecule has 1 aliphatic rings. The number of fused-ring (bicyclic) bond motifs is 8. The van der Waals surface area contributed by atoms with Crippen molar-refractivity contribution in [3.63, 3.8) is 0 Å². The van der Waals surface area contributed by atoms with Crippen LogP contribution in [0.4, 0.5) is 34.1 Å². The molecule has 1 aliphatic heterocycles. The summed E-state index contributed by atoms with van der Waals surface area (Å²) in [5, 5.41) is 6.67. The molecule has 0 saturated heterocycles. The third kappa shape index (κ3) is 6.32. The number of hydrogen-bond donors (Lipinski definition) is 0. The van der Waals surface area contributed by atoms with Crippen molar-refractivity contribution in [3.05, 3.63) is 243 Å². The quantitative estimate of drug-likeness (QED) is 0.152. The number of anilines is 6. The number of rotatable bonds is 8. The van der Waals surface area contributed by atoms with Gasteiger partial charge < -0.3 is 23.4 Å². The molecule has 13 aromatic rings. The topological polar surface area (TPSA) is 42.0 Å². The maximum atomic E-state index is 7.29. The molecule has 5 nitrogen and oxygen atoms in total. The number of ether oxygens (including phenoxy) is 1. The molecule has 0 unspecified atom stereocenters. The molecule has 0 fully saturated rings. The van der Waals surface area contributed by atoms with E-state index in [-0.39, 0.29) is 0 Å². The highest BCUT2D eigenvalue weighted by molar-refractivity contribution is 6.12. The predicted molar refractivity (Wildman–Crippen MR) is 284 cm³/mol. The molecule has 5 heteroatoms. The molecule has 0 spiro atoms. The van der Waals surface area contributed by atoms with Crippen molar-refractivity contribution in [2.24, 2.45) is 0 Å². The van der Waals surface area contributed by atoms with Crippen molar-refractivity contribution in [3.8, 4) is 44.9 Å². The van der Waals surface area contributed by atoms with Gasteiger partial charge in [-0.2, -0.15) is 0 Å². The summed E-state index contributed by atoms with van der Waals surface area (Å²) >= 11 is 0. The van der Waals surface area contributed by atoms with E-state index in [0.717, 1.165) is 134 Å². The van der Waals surface area contributed by atoms with Crippen LogP contribution in [0.2, 0.25) is 0 Å². The second-order valence-corrected chi connectivity index (χ2v) is 17.6. The van der Waals surface area contributed by atoms with E-state index in [1.165, 1.54) is 0 Å². The van der Waals surface area contributed by atoms with Crippen LogP contribution in [0.25, 0.3) is 88.0 Å². The van der Waals surface area contributed by atoms with E-state index in [0.29, 0.717) is 0 Å². The van der Waals surface area contributed by atoms with Crippen LogP contribution in [-0.2, 0) is 0 Å². The van der Waals surface area contributed by atoms with Crippen LogP contribution in [0, 0.1) is 0 Å². The van der Waals surface area contributed by atoms with Gasteiger partial charge >= 0.3 is 0 Å². The summed E-state index contributed by atoms with van der Waals surface area (Å²) in [5.41, 5.74) is 16.1. The molecule has 3 heterocycles. The molecule has 14 rings (SSSR count). The minimum Gasteiger partial charge on any atom is -0.455 e. The molecule has 0 radical (unpaired) electrons. The lowest BCUT2D eigenvalue weighted by Crippen LogP contribution is -2.13. The first-order valence-electron chi connectivity index (χ1n) is 23.3. The van der Waals surface area contributed by atoms with E-state index in [1.54, 1.807) is 0 Å². The lowest BCUT2D eigenvalue weighted by Gasteiger charge is -2.31. The Labute approximate surface area is 397 Å². The largest absolute Gasteiger partial charge is 0.455 e. The van der Waals surface area contributed by atoms with Crippen LogP contribution >= 0.6 is 0 Å². The molecule has 11 aromatic carbocycles. The summed E-state index contributed by atoms with van der Waals surface area (Å²) in [5.74, 6) is 1.60. The number of hydrogen-bond acceptors (Lipinski definition) is 5. The van der Waals surface area contributed by atoms with Gasteiger partial charge in [-0.1, -0.05) is 158 Å². The number of benzene rings is 11. The molecule has 0 N–H and O–H groups in total. The van der Waals surface area contributed by atoms with Crippen LogP contribution < -0.4 is 14.5 Å². The number of furan rings is 2. The van der Waals surface area contributed by atoms with Gasteiger partial charge in [-0.25, -0.2) is 0 Å². The van der Waals surface area contributed by atoms with Gasteiger partial charge in [-0.15, -0.1) is 0 Å². The fourth-order valence-corrected chi connectivity index (χ4v) is 10.5. The first-order chi connectivity index (χ1) is 34.2. The molecule has 324 valence electrons. The second kappa shape index (κ2) is 15.7. The summed E-state index contributed by atoms with van der Waals surface area (Å²) in [6.45, 7) is 0. The first-order valence-corrected chi connectivity index (χ1v) is 23.3. The molecule has 2 aromatic heterocycles. The van der Waals surface area contributed by atoms with Gasteiger partial charge in [0.2, 0.25) is 0 Å². The number of nitrogens with zero attached hydrogens (tertiary/aromatic N) is 2. The van der Waals surface area contributed by atoms with Crippen LogP contribution in [0.3, 0.4) is 0 Å². The smallest absolute Gasteiger partial charge is 0.159 e. The van der Waals surface area contributed by atoms with Gasteiger partial charge in [0.15, 0.2) is 5.75 Å². The number of para-hydroxylation sites is 6. The normalized spacial score (nSPS) is 11.9. The first kappa shape index (κ1) is 38.9. The van der Waals surface area contributed by atoms with E-state index in [1.807, 2.05) is 24.3 Å². The van der Waals surface area contributed by atoms with E-state index >= 15 is 0 Å². The highest BCUT2D eigenvalue weighted by atomic mass is 16.5. The Balaban J connectivity index is 0.866. The maximum Gasteiger partial charge on any atom is 0.159 e. The Morgan fingerprint density at radius 1 is 0.304 bits per heavy atom. The Bertz CT molecular complexity index is 4100. The van der Waals surface area contributed by atoms with E-state index in [2.05, 4.69) is 228 Å². The van der Waals surface area contributed by atoms with Crippen molar-refractivity contribution in [2.45, 2.75) is 0 Å². The van der Waals surface area contributed by atoms with Crippen molar-refractivity contribution < 1.29 is 13.6 Å². The highest BCUT2D eigenvalue weighted by Crippen LogP contribution is 2.54. The molecular formula is C64H40N2O3. The van der Waals surface area contributed by atoms with Gasteiger partial charge in [-0.05, 0) is 101 Å². The average molecular weight is 885 g/mol. The van der Waals surface area contributed by atoms with E-state index < -0.39 is 0 Å². The van der Waals surface area contributed by atoms with Gasteiger partial charge in [0.25, 0.3) is 0 Å². The Morgan fingerprint density at radius 2 is 0.783 bits per heavy atom. The minimum atomic E-state index is 0.788. The molecular weight excluding hydrogens is 845 g/mol. The Morgan fingerprint density at radius 3 is 1.39 bits per heavy atom. The summed E-state index contributed by atoms with van der Waals surface area (Å²) in [6, 6.07) is 85.4. The average Bonchev–Trinajstić information content (AvgIpc) is 4.00. The molecule has 0 bridgehead atoms. The predicted octanol–water partition coefficient (Wildman–Crippen LogP) is 18.7. The van der Waals surface area contributed by atoms with Gasteiger partial charge in [0, 0.05) is 78.1 Å². The van der Waals surface area contributed by atoms with Crippen LogP contribution in [-0.4, -0.2) is 0 Å². The fourth-order valence-electron chi connectivity index (χ4n) is 10.5. The molecule has 69 heavy (non-hydrogen) atoms. The SMILES string of the molecule is c1ccc(N(c2ccc(-c3cccc4c3oc3ccccc34)cc2)c2ccc3c(c2)Oc2c(N(c4ccccc4)c4ccc(-c5cccc6c5oc5ccccc56)cc4)ccc4cccc-3c24)cc1. The Hall–Kier alpha value is -9.32. The van der Waals surface area contributed by atoms with Gasteiger partial charge in [-0.3, -0.25) is 0 Å². The van der Waals surface area contributed by atoms with Crippen molar-refractivity contribution in [1.29, 1.82) is 0 Å². The highest BCUT2D eigenvalue weighted by Gasteiger charge is 2.28. The Kier molecular flexibility index (Phi) is 8.83. The molecule has 0 atom stereocenters. The third-order valence-corrected chi connectivity index (χ3v) is 13.7. The minimum absolute atomic E-state index is 0.788. The molecule has 0 amide bonds. The third-order valence-electron chi connectivity index (χ3n) is 13.7. The zero-order valence-electron chi connectivity index (χ0n) is 37.2. The van der Waals surface area contributed by atoms with Gasteiger partial charge in [0.1, 0.15) is 28.1 Å². The lowest BCUT2D eigenvalue weighted by atomic mass is 9.93. The standard InChI is InChI=1S/C64H40N2O3/c1-3-15-44(16-4-1)65(46-33-28-41(29-34-46)49-21-12-24-55-51-19-7-9-26-58(51)67-62(49)55)48-37-38-53-54-23-11-14-43-32-39-57(64(61(43)54)69-60(53)40-48)66(45-17-5-2-6-18-45)47-35-30-42(31-36-47)50-22-13-25-56-52-20-8-10-27-59(52)68-63(50)56/h1-40H. The second-order valence-electron chi connectivity index (χ2n) is 17.6. The zero-order chi connectivity index (χ0) is 45.4. The summed E-state index contributed by atoms with van der Waals surface area (Å²) in [6.07, 6.45) is 0. The summed E-state index contributed by atoms with van der Waals surface area (Å²) in [7, 11) is 0. The molecule has 0 saturated carbocycles. The maximum absolute atomic E-state index is 7.29. The monoisotopic (exact) mass is 884 g/mol. The molecule has 0 aliphatic carbocycles. The van der Waals surface area contributed by atoms with Crippen molar-refractivity contribution in [2.75, 3.05) is 9.80 Å². The van der Waals surface area contributed by atoms with Crippen LogP contribution in [0.1, 0.15) is 0 Å². The lowest BCUT2D eigenvalue weighted by molar-refractivity contribution is 0.488. The summed E-state index contributed by atoms with van der Waals surface area (Å²) < 4.78 is 20.2. The van der Waals surface area contributed by atoms with Crippen LogP contribution in [0.15, 0.2) is 251 Å². The summed E-state index contributed by atoms with van der Waals surface area (Å²) in [4.78, 5) is 4.59. The van der Waals surface area contributed by atoms with Crippen LogP contribution in [0.5, 0.6) is 11.5 Å². The van der Waals surface area contributed by atoms with Gasteiger partial charge in [0.05, 0.1) is 5.69 Å².